The molecule has 0 bridgehead atoms. The summed E-state index contributed by atoms with van der Waals surface area (Å²) in [6, 6.07) is 9.07. The summed E-state index contributed by atoms with van der Waals surface area (Å²) in [5.41, 5.74) is 1.58. The van der Waals surface area contributed by atoms with Crippen LogP contribution in [-0.4, -0.2) is 37.2 Å². The number of carbonyl (C=O) groups excluding carboxylic acids is 1. The molecule has 0 saturated heterocycles. The van der Waals surface area contributed by atoms with Gasteiger partial charge in [-0.05, 0) is 31.5 Å². The lowest BCUT2D eigenvalue weighted by Crippen LogP contribution is -2.40. The second kappa shape index (κ2) is 8.18. The second-order valence-electron chi connectivity index (χ2n) is 4.61. The van der Waals surface area contributed by atoms with Gasteiger partial charge in [0.25, 0.3) is 0 Å². The summed E-state index contributed by atoms with van der Waals surface area (Å²) in [5.74, 6) is 0. The normalized spacial score (nSPS) is 11.5. The molecule has 0 aliphatic heterocycles. The number of carbonyl (C=O) groups is 1. The van der Waals surface area contributed by atoms with E-state index in [1.807, 2.05) is 26.0 Å². The number of nitriles is 1. The van der Waals surface area contributed by atoms with Gasteiger partial charge in [-0.3, -0.25) is 0 Å². The van der Waals surface area contributed by atoms with Crippen molar-refractivity contribution in [2.75, 3.05) is 20.2 Å². The molecule has 5 heteroatoms. The third-order valence-corrected chi connectivity index (χ3v) is 2.86. The molecular formula is C15H21N3O2. The molecule has 1 N–H and O–H groups in total. The summed E-state index contributed by atoms with van der Waals surface area (Å²) in [6.07, 6.45) is 0.0191. The van der Waals surface area contributed by atoms with Crippen LogP contribution in [0.4, 0.5) is 4.79 Å². The van der Waals surface area contributed by atoms with Crippen LogP contribution in [0.3, 0.4) is 0 Å². The number of ether oxygens (including phenoxy) is 1. The standard InChI is InChI=1S/C15H21N3O2/c1-4-20-12(2)11-18(3)15(19)17-10-14-7-5-13(9-16)6-8-14/h5-8,12H,4,10-11H2,1-3H3,(H,17,19)/t12-/m1/s1. The van der Waals surface area contributed by atoms with E-state index in [0.29, 0.717) is 25.3 Å². The molecule has 0 aromatic heterocycles. The van der Waals surface area contributed by atoms with Crippen LogP contribution in [0.2, 0.25) is 0 Å². The molecule has 1 aromatic carbocycles. The number of hydrogen-bond donors (Lipinski definition) is 1. The summed E-state index contributed by atoms with van der Waals surface area (Å²) in [7, 11) is 1.74. The quantitative estimate of drug-likeness (QED) is 0.865. The van der Waals surface area contributed by atoms with Crippen molar-refractivity contribution < 1.29 is 9.53 Å². The summed E-state index contributed by atoms with van der Waals surface area (Å²) >= 11 is 0. The van der Waals surface area contributed by atoms with Crippen LogP contribution in [-0.2, 0) is 11.3 Å². The summed E-state index contributed by atoms with van der Waals surface area (Å²) in [5, 5.41) is 11.5. The fourth-order valence-corrected chi connectivity index (χ4v) is 1.82. The molecule has 108 valence electrons. The van der Waals surface area contributed by atoms with E-state index in [1.54, 1.807) is 24.1 Å². The second-order valence-corrected chi connectivity index (χ2v) is 4.61. The lowest BCUT2D eigenvalue weighted by molar-refractivity contribution is 0.0580. The predicted octanol–water partition coefficient (Wildman–Crippen LogP) is 2.12. The van der Waals surface area contributed by atoms with Crippen LogP contribution in [0.5, 0.6) is 0 Å². The molecule has 0 aliphatic rings. The molecule has 0 saturated carbocycles. The highest BCUT2D eigenvalue weighted by molar-refractivity contribution is 5.73. The Morgan fingerprint density at radius 2 is 2.10 bits per heavy atom. The Morgan fingerprint density at radius 1 is 1.45 bits per heavy atom. The number of nitrogens with zero attached hydrogens (tertiary/aromatic N) is 2. The molecule has 0 spiro atoms. The number of amides is 2. The zero-order valence-electron chi connectivity index (χ0n) is 12.2. The molecular weight excluding hydrogens is 254 g/mol. The molecule has 20 heavy (non-hydrogen) atoms. The highest BCUT2D eigenvalue weighted by Crippen LogP contribution is 2.03. The molecule has 1 atom stereocenters. The Kier molecular flexibility index (Phi) is 6.54. The van der Waals surface area contributed by atoms with E-state index in [0.717, 1.165) is 5.56 Å². The van der Waals surface area contributed by atoms with Gasteiger partial charge in [-0.2, -0.15) is 5.26 Å². The smallest absolute Gasteiger partial charge is 0.317 e. The number of urea groups is 1. The molecule has 0 fully saturated rings. The van der Waals surface area contributed by atoms with Crippen LogP contribution >= 0.6 is 0 Å². The van der Waals surface area contributed by atoms with E-state index in [4.69, 9.17) is 10.00 Å². The average molecular weight is 275 g/mol. The predicted molar refractivity (Wildman–Crippen MR) is 77.1 cm³/mol. The average Bonchev–Trinajstić information content (AvgIpc) is 2.45. The lowest BCUT2D eigenvalue weighted by atomic mass is 10.1. The van der Waals surface area contributed by atoms with Gasteiger partial charge >= 0.3 is 6.03 Å². The van der Waals surface area contributed by atoms with Gasteiger partial charge in [0, 0.05) is 26.7 Å². The Balaban J connectivity index is 2.40. The Hall–Kier alpha value is -2.06. The Bertz CT molecular complexity index is 465. The van der Waals surface area contributed by atoms with Gasteiger partial charge in [0.1, 0.15) is 0 Å². The van der Waals surface area contributed by atoms with Crippen LogP contribution in [0, 0.1) is 11.3 Å². The van der Waals surface area contributed by atoms with E-state index >= 15 is 0 Å². The van der Waals surface area contributed by atoms with E-state index in [2.05, 4.69) is 11.4 Å². The number of nitrogens with one attached hydrogen (secondary N) is 1. The van der Waals surface area contributed by atoms with Crippen LogP contribution in [0.15, 0.2) is 24.3 Å². The first-order valence-corrected chi connectivity index (χ1v) is 6.66. The number of benzene rings is 1. The maximum atomic E-state index is 11.9. The number of likely N-dealkylation sites (N-methyl/N-ethyl adjacent to an activating group) is 1. The molecule has 5 nitrogen and oxygen atoms in total. The van der Waals surface area contributed by atoms with E-state index in [1.165, 1.54) is 0 Å². The van der Waals surface area contributed by atoms with Crippen LogP contribution < -0.4 is 5.32 Å². The molecule has 0 heterocycles. The van der Waals surface area contributed by atoms with Gasteiger partial charge in [-0.1, -0.05) is 12.1 Å². The first-order chi connectivity index (χ1) is 9.56. The maximum Gasteiger partial charge on any atom is 0.317 e. The van der Waals surface area contributed by atoms with E-state index in [9.17, 15) is 4.79 Å². The van der Waals surface area contributed by atoms with Gasteiger partial charge < -0.3 is 15.0 Å². The minimum atomic E-state index is -0.138. The SMILES string of the molecule is CCO[C@H](C)CN(C)C(=O)NCc1ccc(C#N)cc1. The highest BCUT2D eigenvalue weighted by Gasteiger charge is 2.11. The topological polar surface area (TPSA) is 65.4 Å². The van der Waals surface area contributed by atoms with Crippen molar-refractivity contribution in [3.05, 3.63) is 35.4 Å². The third-order valence-electron chi connectivity index (χ3n) is 2.86. The van der Waals surface area contributed by atoms with Crippen molar-refractivity contribution in [3.63, 3.8) is 0 Å². The third kappa shape index (κ3) is 5.29. The monoisotopic (exact) mass is 275 g/mol. The van der Waals surface area contributed by atoms with Crippen molar-refractivity contribution in [1.29, 1.82) is 5.26 Å². The van der Waals surface area contributed by atoms with Gasteiger partial charge in [-0.25, -0.2) is 4.79 Å². The molecule has 0 aliphatic carbocycles. The zero-order chi connectivity index (χ0) is 15.0. The van der Waals surface area contributed by atoms with Gasteiger partial charge in [0.2, 0.25) is 0 Å². The Labute approximate surface area is 120 Å². The van der Waals surface area contributed by atoms with E-state index < -0.39 is 0 Å². The molecule has 0 radical (unpaired) electrons. The lowest BCUT2D eigenvalue weighted by Gasteiger charge is -2.22. The molecule has 0 unspecified atom stereocenters. The van der Waals surface area contributed by atoms with Crippen molar-refractivity contribution >= 4 is 6.03 Å². The van der Waals surface area contributed by atoms with Crippen molar-refractivity contribution in [2.45, 2.75) is 26.5 Å². The van der Waals surface area contributed by atoms with Gasteiger partial charge in [0.15, 0.2) is 0 Å². The van der Waals surface area contributed by atoms with E-state index in [-0.39, 0.29) is 12.1 Å². The summed E-state index contributed by atoms with van der Waals surface area (Å²) < 4.78 is 5.40. The minimum Gasteiger partial charge on any atom is -0.377 e. The largest absolute Gasteiger partial charge is 0.377 e. The van der Waals surface area contributed by atoms with Crippen LogP contribution in [0.1, 0.15) is 25.0 Å². The zero-order valence-corrected chi connectivity index (χ0v) is 12.2. The molecule has 2 amide bonds. The summed E-state index contributed by atoms with van der Waals surface area (Å²) in [4.78, 5) is 13.5. The Morgan fingerprint density at radius 3 is 2.65 bits per heavy atom. The first-order valence-electron chi connectivity index (χ1n) is 6.66. The maximum absolute atomic E-state index is 11.9. The number of rotatable bonds is 6. The van der Waals surface area contributed by atoms with Crippen LogP contribution in [0.25, 0.3) is 0 Å². The van der Waals surface area contributed by atoms with Gasteiger partial charge in [-0.15, -0.1) is 0 Å². The van der Waals surface area contributed by atoms with Gasteiger partial charge in [0.05, 0.1) is 17.7 Å². The fourth-order valence-electron chi connectivity index (χ4n) is 1.82. The summed E-state index contributed by atoms with van der Waals surface area (Å²) in [6.45, 7) is 5.50. The minimum absolute atomic E-state index is 0.0191. The molecule has 1 rings (SSSR count). The van der Waals surface area contributed by atoms with Crippen molar-refractivity contribution in [2.24, 2.45) is 0 Å². The van der Waals surface area contributed by atoms with Crippen molar-refractivity contribution in [1.82, 2.24) is 10.2 Å². The highest BCUT2D eigenvalue weighted by atomic mass is 16.5. The fraction of sp³-hybridized carbons (Fsp3) is 0.467. The first kappa shape index (κ1) is 16.0. The molecule has 1 aromatic rings. The number of hydrogen-bond acceptors (Lipinski definition) is 3. The van der Waals surface area contributed by atoms with Crippen molar-refractivity contribution in [3.8, 4) is 6.07 Å².